The van der Waals surface area contributed by atoms with Crippen LogP contribution in [0.3, 0.4) is 0 Å². The molecular formula is C14H31N. The average molecular weight is 213 g/mol. The summed E-state index contributed by atoms with van der Waals surface area (Å²) in [6.45, 7) is 14.2. The number of nitrogens with one attached hydrogen (secondary N) is 1. The summed E-state index contributed by atoms with van der Waals surface area (Å²) in [5.41, 5.74) is 0.457. The van der Waals surface area contributed by atoms with Gasteiger partial charge in [0.25, 0.3) is 0 Å². The number of rotatable bonds is 7. The zero-order valence-corrected chi connectivity index (χ0v) is 11.9. The standard InChI is InChI=1S/C14H31N/c1-8-11(3)14(5,6)12(4)10-13(9-2)15-7/h11-13,15H,8-10H2,1-7H3. The lowest BCUT2D eigenvalue weighted by Crippen LogP contribution is -2.35. The monoisotopic (exact) mass is 213 g/mol. The molecule has 3 unspecified atom stereocenters. The van der Waals surface area contributed by atoms with Gasteiger partial charge in [-0.3, -0.25) is 0 Å². The summed E-state index contributed by atoms with van der Waals surface area (Å²) in [4.78, 5) is 0. The Morgan fingerprint density at radius 3 is 1.87 bits per heavy atom. The molecule has 1 nitrogen and oxygen atoms in total. The first-order chi connectivity index (χ1) is 6.89. The van der Waals surface area contributed by atoms with Crippen molar-refractivity contribution in [2.24, 2.45) is 17.3 Å². The van der Waals surface area contributed by atoms with E-state index >= 15 is 0 Å². The lowest BCUT2D eigenvalue weighted by molar-refractivity contribution is 0.118. The van der Waals surface area contributed by atoms with Crippen molar-refractivity contribution in [1.82, 2.24) is 5.32 Å². The molecule has 0 fully saturated rings. The van der Waals surface area contributed by atoms with Gasteiger partial charge in [0, 0.05) is 6.04 Å². The van der Waals surface area contributed by atoms with Gasteiger partial charge in [0.15, 0.2) is 0 Å². The minimum absolute atomic E-state index is 0.457. The third-order valence-corrected chi connectivity index (χ3v) is 4.69. The van der Waals surface area contributed by atoms with Crippen LogP contribution in [0.15, 0.2) is 0 Å². The largest absolute Gasteiger partial charge is 0.317 e. The van der Waals surface area contributed by atoms with Crippen molar-refractivity contribution in [3.8, 4) is 0 Å². The Labute approximate surface area is 97.0 Å². The Bertz CT molecular complexity index is 159. The SMILES string of the molecule is CCC(CC(C)C(C)(C)C(C)CC)NC. The van der Waals surface area contributed by atoms with Crippen molar-refractivity contribution in [3.05, 3.63) is 0 Å². The minimum atomic E-state index is 0.457. The molecule has 0 saturated carbocycles. The molecule has 0 aliphatic rings. The fraction of sp³-hybridized carbons (Fsp3) is 1.00. The Hall–Kier alpha value is -0.0400. The summed E-state index contributed by atoms with van der Waals surface area (Å²) in [6, 6.07) is 0.684. The maximum absolute atomic E-state index is 3.41. The molecule has 0 radical (unpaired) electrons. The summed E-state index contributed by atoms with van der Waals surface area (Å²) in [7, 11) is 2.08. The predicted octanol–water partition coefficient (Wildman–Crippen LogP) is 4.08. The summed E-state index contributed by atoms with van der Waals surface area (Å²) in [6.07, 6.45) is 3.81. The Kier molecular flexibility index (Phi) is 6.51. The molecule has 0 heterocycles. The highest BCUT2D eigenvalue weighted by atomic mass is 14.9. The first kappa shape index (κ1) is 15.0. The summed E-state index contributed by atoms with van der Waals surface area (Å²) < 4.78 is 0. The molecule has 0 saturated heterocycles. The molecule has 1 heteroatoms. The van der Waals surface area contributed by atoms with Gasteiger partial charge >= 0.3 is 0 Å². The lowest BCUT2D eigenvalue weighted by atomic mass is 9.68. The van der Waals surface area contributed by atoms with Gasteiger partial charge < -0.3 is 5.32 Å². The van der Waals surface area contributed by atoms with E-state index in [4.69, 9.17) is 0 Å². The van der Waals surface area contributed by atoms with Gasteiger partial charge in [0.2, 0.25) is 0 Å². The zero-order valence-electron chi connectivity index (χ0n) is 11.9. The Morgan fingerprint density at radius 1 is 1.00 bits per heavy atom. The Balaban J connectivity index is 4.34. The fourth-order valence-electron chi connectivity index (χ4n) is 2.23. The van der Waals surface area contributed by atoms with E-state index in [9.17, 15) is 0 Å². The normalized spacial score (nSPS) is 18.6. The van der Waals surface area contributed by atoms with Crippen molar-refractivity contribution in [2.45, 2.75) is 66.8 Å². The third-order valence-electron chi connectivity index (χ3n) is 4.69. The molecule has 0 aliphatic carbocycles. The van der Waals surface area contributed by atoms with E-state index in [-0.39, 0.29) is 0 Å². The van der Waals surface area contributed by atoms with Crippen LogP contribution in [0.1, 0.15) is 60.8 Å². The van der Waals surface area contributed by atoms with Crippen LogP contribution in [0.2, 0.25) is 0 Å². The molecule has 0 amide bonds. The van der Waals surface area contributed by atoms with Gasteiger partial charge in [-0.05, 0) is 37.1 Å². The summed E-state index contributed by atoms with van der Waals surface area (Å²) >= 11 is 0. The maximum Gasteiger partial charge on any atom is 0.00641 e. The predicted molar refractivity (Wildman–Crippen MR) is 70.2 cm³/mol. The Morgan fingerprint density at radius 2 is 1.53 bits per heavy atom. The van der Waals surface area contributed by atoms with Gasteiger partial charge in [-0.2, -0.15) is 0 Å². The number of hydrogen-bond acceptors (Lipinski definition) is 1. The van der Waals surface area contributed by atoms with Crippen molar-refractivity contribution in [3.63, 3.8) is 0 Å². The molecule has 0 aromatic rings. The second kappa shape index (κ2) is 6.52. The van der Waals surface area contributed by atoms with Crippen molar-refractivity contribution in [2.75, 3.05) is 7.05 Å². The third kappa shape index (κ3) is 4.14. The average Bonchev–Trinajstić information content (AvgIpc) is 2.23. The van der Waals surface area contributed by atoms with Crippen LogP contribution in [-0.2, 0) is 0 Å². The van der Waals surface area contributed by atoms with E-state index in [1.807, 2.05) is 0 Å². The van der Waals surface area contributed by atoms with Crippen LogP contribution in [-0.4, -0.2) is 13.1 Å². The second-order valence-corrected chi connectivity index (χ2v) is 5.66. The van der Waals surface area contributed by atoms with Crippen LogP contribution in [0.5, 0.6) is 0 Å². The topological polar surface area (TPSA) is 12.0 Å². The van der Waals surface area contributed by atoms with E-state index in [2.05, 4.69) is 53.9 Å². The van der Waals surface area contributed by atoms with Crippen molar-refractivity contribution in [1.29, 1.82) is 0 Å². The molecule has 92 valence electrons. The molecule has 0 aromatic heterocycles. The van der Waals surface area contributed by atoms with Crippen LogP contribution in [0.4, 0.5) is 0 Å². The quantitative estimate of drug-likeness (QED) is 0.672. The van der Waals surface area contributed by atoms with Crippen LogP contribution >= 0.6 is 0 Å². The molecule has 0 spiro atoms. The summed E-state index contributed by atoms with van der Waals surface area (Å²) in [5.74, 6) is 1.59. The zero-order chi connectivity index (χ0) is 12.1. The second-order valence-electron chi connectivity index (χ2n) is 5.66. The minimum Gasteiger partial charge on any atom is -0.317 e. The molecule has 0 aromatic carbocycles. The highest BCUT2D eigenvalue weighted by Crippen LogP contribution is 2.39. The maximum atomic E-state index is 3.41. The fourth-order valence-corrected chi connectivity index (χ4v) is 2.23. The lowest BCUT2D eigenvalue weighted by Gasteiger charge is -2.39. The van der Waals surface area contributed by atoms with Gasteiger partial charge in [0.1, 0.15) is 0 Å². The van der Waals surface area contributed by atoms with Crippen molar-refractivity contribution < 1.29 is 0 Å². The summed E-state index contributed by atoms with van der Waals surface area (Å²) in [5, 5.41) is 3.41. The molecule has 0 rings (SSSR count). The van der Waals surface area contributed by atoms with Gasteiger partial charge in [-0.1, -0.05) is 48.0 Å². The number of hydrogen-bond donors (Lipinski definition) is 1. The van der Waals surface area contributed by atoms with Crippen molar-refractivity contribution >= 4 is 0 Å². The highest BCUT2D eigenvalue weighted by Gasteiger charge is 2.31. The van der Waals surface area contributed by atoms with Gasteiger partial charge in [-0.25, -0.2) is 0 Å². The van der Waals surface area contributed by atoms with E-state index < -0.39 is 0 Å². The highest BCUT2D eigenvalue weighted by molar-refractivity contribution is 4.82. The van der Waals surface area contributed by atoms with E-state index in [0.717, 1.165) is 11.8 Å². The molecular weight excluding hydrogens is 182 g/mol. The molecule has 3 atom stereocenters. The smallest absolute Gasteiger partial charge is 0.00641 e. The molecule has 1 N–H and O–H groups in total. The van der Waals surface area contributed by atoms with E-state index in [1.165, 1.54) is 19.3 Å². The first-order valence-corrected chi connectivity index (χ1v) is 6.57. The van der Waals surface area contributed by atoms with E-state index in [0.29, 0.717) is 11.5 Å². The first-order valence-electron chi connectivity index (χ1n) is 6.57. The van der Waals surface area contributed by atoms with Crippen LogP contribution < -0.4 is 5.32 Å². The van der Waals surface area contributed by atoms with Gasteiger partial charge in [-0.15, -0.1) is 0 Å². The molecule has 15 heavy (non-hydrogen) atoms. The molecule has 0 aliphatic heterocycles. The molecule has 0 bridgehead atoms. The van der Waals surface area contributed by atoms with E-state index in [1.54, 1.807) is 0 Å². The van der Waals surface area contributed by atoms with Crippen LogP contribution in [0.25, 0.3) is 0 Å². The van der Waals surface area contributed by atoms with Crippen LogP contribution in [0, 0.1) is 17.3 Å². The van der Waals surface area contributed by atoms with Gasteiger partial charge in [0.05, 0.1) is 0 Å².